The summed E-state index contributed by atoms with van der Waals surface area (Å²) in [6.07, 6.45) is 0.245. The zero-order valence-electron chi connectivity index (χ0n) is 15.8. The second kappa shape index (κ2) is 7.82. The van der Waals surface area contributed by atoms with Crippen LogP contribution >= 0.6 is 15.9 Å². The van der Waals surface area contributed by atoms with E-state index in [2.05, 4.69) is 36.3 Å². The second-order valence-electron chi connectivity index (χ2n) is 7.19. The molecule has 0 saturated heterocycles. The number of aromatic nitrogens is 4. The molecular formula is C20H17BrF3N5O. The minimum atomic E-state index is -4.51. The predicted molar refractivity (Wildman–Crippen MR) is 106 cm³/mol. The third-order valence-corrected chi connectivity index (χ3v) is 5.25. The summed E-state index contributed by atoms with van der Waals surface area (Å²) >= 11 is 3.31. The summed E-state index contributed by atoms with van der Waals surface area (Å²) in [5, 5.41) is 6.98. The molecule has 30 heavy (non-hydrogen) atoms. The Labute approximate surface area is 178 Å². The molecule has 1 fully saturated rings. The van der Waals surface area contributed by atoms with Crippen molar-refractivity contribution in [1.82, 2.24) is 25.1 Å². The van der Waals surface area contributed by atoms with Gasteiger partial charge in [0.25, 0.3) is 5.91 Å². The number of nitrogens with zero attached hydrogens (tertiary/aromatic N) is 4. The lowest BCUT2D eigenvalue weighted by Gasteiger charge is -2.14. The molecule has 1 N–H and O–H groups in total. The number of rotatable bonds is 5. The summed E-state index contributed by atoms with van der Waals surface area (Å²) in [5.41, 5.74) is -0.285. The molecule has 4 rings (SSSR count). The molecule has 0 aliphatic heterocycles. The summed E-state index contributed by atoms with van der Waals surface area (Å²) in [7, 11) is 0. The highest BCUT2D eigenvalue weighted by Gasteiger charge is 2.34. The molecule has 2 aromatic heterocycles. The number of halogens is 4. The van der Waals surface area contributed by atoms with Gasteiger partial charge < -0.3 is 5.32 Å². The molecule has 1 aliphatic rings. The van der Waals surface area contributed by atoms with E-state index in [9.17, 15) is 18.0 Å². The normalized spacial score (nSPS) is 15.1. The van der Waals surface area contributed by atoms with Gasteiger partial charge in [-0.15, -0.1) is 5.10 Å². The molecule has 1 amide bonds. The number of hydrogen-bond acceptors (Lipinski definition) is 4. The van der Waals surface area contributed by atoms with E-state index < -0.39 is 23.7 Å². The molecule has 156 valence electrons. The fraction of sp³-hybridized carbons (Fsp3) is 0.300. The van der Waals surface area contributed by atoms with E-state index in [4.69, 9.17) is 0 Å². The molecule has 1 unspecified atom stereocenters. The molecule has 1 aliphatic carbocycles. The maximum absolute atomic E-state index is 13.2. The molecule has 1 saturated carbocycles. The van der Waals surface area contributed by atoms with Gasteiger partial charge in [-0.2, -0.15) is 13.2 Å². The van der Waals surface area contributed by atoms with E-state index in [0.717, 1.165) is 29.4 Å². The molecule has 3 aromatic rings. The van der Waals surface area contributed by atoms with Crippen LogP contribution in [-0.2, 0) is 6.18 Å². The highest BCUT2D eigenvalue weighted by atomic mass is 79.9. The van der Waals surface area contributed by atoms with Crippen molar-refractivity contribution in [3.8, 4) is 5.82 Å². The van der Waals surface area contributed by atoms with Crippen molar-refractivity contribution >= 4 is 21.8 Å². The largest absolute Gasteiger partial charge is 0.416 e. The Morgan fingerprint density at radius 1 is 1.23 bits per heavy atom. The monoisotopic (exact) mass is 479 g/mol. The topological polar surface area (TPSA) is 72.7 Å². The molecule has 1 aromatic carbocycles. The van der Waals surface area contributed by atoms with Gasteiger partial charge in [0.1, 0.15) is 6.33 Å². The predicted octanol–water partition coefficient (Wildman–Crippen LogP) is 4.81. The first-order valence-electron chi connectivity index (χ1n) is 9.27. The lowest BCUT2D eigenvalue weighted by Crippen LogP contribution is -2.28. The van der Waals surface area contributed by atoms with Gasteiger partial charge in [0.2, 0.25) is 0 Å². The first-order chi connectivity index (χ1) is 14.2. The lowest BCUT2D eigenvalue weighted by atomic mass is 10.0. The molecule has 1 atom stereocenters. The number of hydrogen-bond donors (Lipinski definition) is 1. The second-order valence-corrected chi connectivity index (χ2v) is 8.11. The van der Waals surface area contributed by atoms with Crippen LogP contribution < -0.4 is 5.32 Å². The third-order valence-electron chi connectivity index (χ3n) is 4.78. The van der Waals surface area contributed by atoms with Gasteiger partial charge in [0.15, 0.2) is 11.6 Å². The molecule has 2 heterocycles. The van der Waals surface area contributed by atoms with E-state index in [1.165, 1.54) is 17.1 Å². The van der Waals surface area contributed by atoms with Crippen LogP contribution in [0.15, 0.2) is 47.3 Å². The zero-order chi connectivity index (χ0) is 21.5. The Hall–Kier alpha value is -2.75. The number of alkyl halides is 3. The highest BCUT2D eigenvalue weighted by Crippen LogP contribution is 2.42. The Morgan fingerprint density at radius 3 is 2.63 bits per heavy atom. The molecule has 0 radical (unpaired) electrons. The molecular weight excluding hydrogens is 463 g/mol. The Morgan fingerprint density at radius 2 is 2.00 bits per heavy atom. The van der Waals surface area contributed by atoms with Crippen LogP contribution in [0.5, 0.6) is 0 Å². The van der Waals surface area contributed by atoms with Crippen LogP contribution in [0.4, 0.5) is 13.2 Å². The van der Waals surface area contributed by atoms with E-state index in [-0.39, 0.29) is 11.5 Å². The van der Waals surface area contributed by atoms with Crippen molar-refractivity contribution in [2.24, 2.45) is 0 Å². The Bertz CT molecular complexity index is 1080. The quantitative estimate of drug-likeness (QED) is 0.569. The molecule has 6 nitrogen and oxygen atoms in total. The number of carbonyl (C=O) groups excluding carboxylic acids is 1. The Kier molecular flexibility index (Phi) is 5.35. The lowest BCUT2D eigenvalue weighted by molar-refractivity contribution is -0.137. The van der Waals surface area contributed by atoms with Crippen LogP contribution in [0.2, 0.25) is 0 Å². The zero-order valence-corrected chi connectivity index (χ0v) is 17.4. The Balaban J connectivity index is 1.52. The van der Waals surface area contributed by atoms with Gasteiger partial charge in [0.05, 0.1) is 11.6 Å². The molecule has 0 spiro atoms. The maximum atomic E-state index is 13.2. The summed E-state index contributed by atoms with van der Waals surface area (Å²) in [4.78, 5) is 21.1. The first-order valence-corrected chi connectivity index (χ1v) is 10.1. The smallest absolute Gasteiger partial charge is 0.342 e. The number of pyridine rings is 1. The van der Waals surface area contributed by atoms with Crippen LogP contribution in [-0.4, -0.2) is 25.7 Å². The standard InChI is InChI=1S/C20H17BrF3N5O/c1-11(18-26-10-29(28-18)17-5-4-16(21)9-25-17)27-19(30)14-6-13(12-2-3-12)7-15(8-14)20(22,23)24/h4-12H,2-3H2,1H3,(H,27,30). The minimum absolute atomic E-state index is 0.0208. The van der Waals surface area contributed by atoms with Crippen molar-refractivity contribution in [3.05, 3.63) is 69.8 Å². The molecule has 10 heteroatoms. The van der Waals surface area contributed by atoms with Gasteiger partial charge >= 0.3 is 6.18 Å². The van der Waals surface area contributed by atoms with Crippen molar-refractivity contribution in [3.63, 3.8) is 0 Å². The summed E-state index contributed by atoms with van der Waals surface area (Å²) < 4.78 is 42.0. The van der Waals surface area contributed by atoms with Crippen LogP contribution in [0.3, 0.4) is 0 Å². The van der Waals surface area contributed by atoms with Crippen LogP contribution in [0, 0.1) is 0 Å². The van der Waals surface area contributed by atoms with Crippen LogP contribution in [0.25, 0.3) is 5.82 Å². The summed E-state index contributed by atoms with van der Waals surface area (Å²) in [6, 6.07) is 6.49. The SMILES string of the molecule is CC(NC(=O)c1cc(C2CC2)cc(C(F)(F)F)c1)c1ncn(-c2ccc(Br)cn2)n1. The summed E-state index contributed by atoms with van der Waals surface area (Å²) in [6.45, 7) is 1.67. The van der Waals surface area contributed by atoms with Gasteiger partial charge in [0, 0.05) is 16.2 Å². The van der Waals surface area contributed by atoms with Crippen molar-refractivity contribution in [2.45, 2.75) is 37.9 Å². The van der Waals surface area contributed by atoms with Gasteiger partial charge in [-0.1, -0.05) is 0 Å². The van der Waals surface area contributed by atoms with Crippen molar-refractivity contribution in [2.75, 3.05) is 0 Å². The maximum Gasteiger partial charge on any atom is 0.416 e. The van der Waals surface area contributed by atoms with Crippen molar-refractivity contribution < 1.29 is 18.0 Å². The summed E-state index contributed by atoms with van der Waals surface area (Å²) in [5.74, 6) is 0.352. The van der Waals surface area contributed by atoms with E-state index in [0.29, 0.717) is 17.2 Å². The highest BCUT2D eigenvalue weighted by molar-refractivity contribution is 9.10. The number of nitrogens with one attached hydrogen (secondary N) is 1. The van der Waals surface area contributed by atoms with Crippen LogP contribution in [0.1, 0.15) is 59.0 Å². The van der Waals surface area contributed by atoms with Gasteiger partial charge in [-0.05, 0) is 77.5 Å². The van der Waals surface area contributed by atoms with Crippen molar-refractivity contribution in [1.29, 1.82) is 0 Å². The van der Waals surface area contributed by atoms with Gasteiger partial charge in [-0.25, -0.2) is 14.6 Å². The van der Waals surface area contributed by atoms with Gasteiger partial charge in [-0.3, -0.25) is 4.79 Å². The number of amides is 1. The third kappa shape index (κ3) is 4.53. The molecule has 0 bridgehead atoms. The average Bonchev–Trinajstić information content (AvgIpc) is 3.44. The number of benzene rings is 1. The fourth-order valence-electron chi connectivity index (χ4n) is 3.03. The van der Waals surface area contributed by atoms with E-state index in [1.54, 1.807) is 25.3 Å². The van der Waals surface area contributed by atoms with E-state index in [1.807, 2.05) is 0 Å². The fourth-order valence-corrected chi connectivity index (χ4v) is 3.27. The minimum Gasteiger partial charge on any atom is -0.342 e. The van der Waals surface area contributed by atoms with E-state index >= 15 is 0 Å². The number of carbonyl (C=O) groups is 1. The first kappa shape index (κ1) is 20.5. The average molecular weight is 480 g/mol.